The van der Waals surface area contributed by atoms with Crippen molar-refractivity contribution in [2.24, 2.45) is 0 Å². The second kappa shape index (κ2) is 11.0. The van der Waals surface area contributed by atoms with E-state index in [4.69, 9.17) is 18.9 Å². The summed E-state index contributed by atoms with van der Waals surface area (Å²) < 4.78 is 34.7. The van der Waals surface area contributed by atoms with Gasteiger partial charge in [0.25, 0.3) is 0 Å². The van der Waals surface area contributed by atoms with Crippen molar-refractivity contribution in [3.63, 3.8) is 0 Å². The molecule has 8 heteroatoms. The van der Waals surface area contributed by atoms with Crippen molar-refractivity contribution in [3.05, 3.63) is 47.8 Å². The second-order valence-electron chi connectivity index (χ2n) is 6.15. The van der Waals surface area contributed by atoms with Gasteiger partial charge in [-0.05, 0) is 48.9 Å². The SMILES string of the molecule is CCOc1c(OC)cc(CNC(=O)N(C)CCOc2ccc(F)cc2)cc1OC. The lowest BCUT2D eigenvalue weighted by Crippen LogP contribution is -2.39. The number of benzene rings is 2. The van der Waals surface area contributed by atoms with Crippen molar-refractivity contribution in [1.29, 1.82) is 0 Å². The molecule has 2 aromatic rings. The van der Waals surface area contributed by atoms with Gasteiger partial charge in [0.15, 0.2) is 11.5 Å². The topological polar surface area (TPSA) is 69.3 Å². The average Bonchev–Trinajstić information content (AvgIpc) is 2.73. The summed E-state index contributed by atoms with van der Waals surface area (Å²) in [5.74, 6) is 1.83. The van der Waals surface area contributed by atoms with Crippen molar-refractivity contribution in [3.8, 4) is 23.0 Å². The van der Waals surface area contributed by atoms with Crippen molar-refractivity contribution in [1.82, 2.24) is 10.2 Å². The molecule has 0 aliphatic carbocycles. The molecule has 0 heterocycles. The fraction of sp³-hybridized carbons (Fsp3) is 0.381. The van der Waals surface area contributed by atoms with Gasteiger partial charge in [-0.3, -0.25) is 0 Å². The van der Waals surface area contributed by atoms with E-state index in [1.165, 1.54) is 17.0 Å². The Morgan fingerprint density at radius 1 is 1.07 bits per heavy atom. The molecule has 0 bridgehead atoms. The molecule has 0 spiro atoms. The minimum absolute atomic E-state index is 0.250. The lowest BCUT2D eigenvalue weighted by Gasteiger charge is -2.19. The Kier molecular flexibility index (Phi) is 8.39. The first-order valence-corrected chi connectivity index (χ1v) is 9.23. The Balaban J connectivity index is 1.87. The molecule has 0 aliphatic rings. The van der Waals surface area contributed by atoms with Gasteiger partial charge in [0.1, 0.15) is 18.2 Å². The van der Waals surface area contributed by atoms with Crippen molar-refractivity contribution < 1.29 is 28.1 Å². The third-order valence-electron chi connectivity index (χ3n) is 4.11. The number of carbonyl (C=O) groups excluding carboxylic acids is 1. The number of hydrogen-bond acceptors (Lipinski definition) is 5. The monoisotopic (exact) mass is 406 g/mol. The molecule has 2 rings (SSSR count). The fourth-order valence-electron chi connectivity index (χ4n) is 2.57. The predicted molar refractivity (Wildman–Crippen MR) is 107 cm³/mol. The number of carbonyl (C=O) groups is 1. The number of urea groups is 1. The first kappa shape index (κ1) is 22.1. The van der Waals surface area contributed by atoms with E-state index in [1.54, 1.807) is 45.5 Å². The fourth-order valence-corrected chi connectivity index (χ4v) is 2.57. The van der Waals surface area contributed by atoms with Crippen LogP contribution in [0.5, 0.6) is 23.0 Å². The van der Waals surface area contributed by atoms with Crippen LogP contribution in [0.3, 0.4) is 0 Å². The minimum Gasteiger partial charge on any atom is -0.493 e. The number of nitrogens with one attached hydrogen (secondary N) is 1. The molecule has 0 fully saturated rings. The lowest BCUT2D eigenvalue weighted by molar-refractivity contribution is 0.195. The largest absolute Gasteiger partial charge is 0.493 e. The summed E-state index contributed by atoms with van der Waals surface area (Å²) in [6.45, 7) is 3.32. The molecule has 0 saturated carbocycles. The first-order valence-electron chi connectivity index (χ1n) is 9.23. The maximum atomic E-state index is 12.9. The van der Waals surface area contributed by atoms with Gasteiger partial charge in [-0.25, -0.2) is 9.18 Å². The maximum absolute atomic E-state index is 12.9. The molecule has 7 nitrogen and oxygen atoms in total. The van der Waals surface area contributed by atoms with Gasteiger partial charge in [0.2, 0.25) is 5.75 Å². The lowest BCUT2D eigenvalue weighted by atomic mass is 10.2. The molecule has 0 aromatic heterocycles. The van der Waals surface area contributed by atoms with E-state index in [9.17, 15) is 9.18 Å². The summed E-state index contributed by atoms with van der Waals surface area (Å²) in [5, 5.41) is 2.84. The number of likely N-dealkylation sites (N-methyl/N-ethyl adjacent to an activating group) is 1. The zero-order chi connectivity index (χ0) is 21.2. The maximum Gasteiger partial charge on any atom is 0.317 e. The number of methoxy groups -OCH3 is 2. The summed E-state index contributed by atoms with van der Waals surface area (Å²) in [6.07, 6.45) is 0. The minimum atomic E-state index is -0.323. The molecule has 1 N–H and O–H groups in total. The van der Waals surface area contributed by atoms with Crippen LogP contribution in [0.2, 0.25) is 0 Å². The Bertz CT molecular complexity index is 773. The third kappa shape index (κ3) is 6.44. The summed E-state index contributed by atoms with van der Waals surface area (Å²) in [6, 6.07) is 9.08. The summed E-state index contributed by atoms with van der Waals surface area (Å²) in [7, 11) is 4.77. The van der Waals surface area contributed by atoms with Crippen LogP contribution in [-0.2, 0) is 6.54 Å². The van der Waals surface area contributed by atoms with Crippen LogP contribution in [-0.4, -0.2) is 52.0 Å². The van der Waals surface area contributed by atoms with Gasteiger partial charge in [-0.2, -0.15) is 0 Å². The highest BCUT2D eigenvalue weighted by molar-refractivity contribution is 5.73. The molecule has 158 valence electrons. The van der Waals surface area contributed by atoms with Gasteiger partial charge in [0, 0.05) is 13.6 Å². The van der Waals surface area contributed by atoms with E-state index < -0.39 is 0 Å². The number of halogens is 1. The van der Waals surface area contributed by atoms with Crippen LogP contribution >= 0.6 is 0 Å². The highest BCUT2D eigenvalue weighted by atomic mass is 19.1. The van der Waals surface area contributed by atoms with Crippen LogP contribution in [0.1, 0.15) is 12.5 Å². The summed E-state index contributed by atoms with van der Waals surface area (Å²) in [4.78, 5) is 13.8. The molecule has 2 aromatic carbocycles. The van der Waals surface area contributed by atoms with Crippen LogP contribution in [0.15, 0.2) is 36.4 Å². The van der Waals surface area contributed by atoms with Crippen LogP contribution < -0.4 is 24.3 Å². The van der Waals surface area contributed by atoms with Gasteiger partial charge in [-0.1, -0.05) is 0 Å². The van der Waals surface area contributed by atoms with Crippen molar-refractivity contribution in [2.75, 3.05) is 41.0 Å². The van der Waals surface area contributed by atoms with Gasteiger partial charge in [-0.15, -0.1) is 0 Å². The number of amides is 2. The van der Waals surface area contributed by atoms with E-state index in [1.807, 2.05) is 6.92 Å². The summed E-state index contributed by atoms with van der Waals surface area (Å²) in [5.41, 5.74) is 0.812. The molecular formula is C21H27FN2O5. The molecule has 0 radical (unpaired) electrons. The predicted octanol–water partition coefficient (Wildman–Crippen LogP) is 3.46. The average molecular weight is 406 g/mol. The van der Waals surface area contributed by atoms with Crippen LogP contribution in [0.25, 0.3) is 0 Å². The Labute approximate surface area is 170 Å². The smallest absolute Gasteiger partial charge is 0.317 e. The third-order valence-corrected chi connectivity index (χ3v) is 4.11. The number of hydrogen-bond donors (Lipinski definition) is 1. The quantitative estimate of drug-likeness (QED) is 0.654. The Hall–Kier alpha value is -3.16. The second-order valence-corrected chi connectivity index (χ2v) is 6.15. The molecule has 0 aliphatic heterocycles. The number of rotatable bonds is 10. The van der Waals surface area contributed by atoms with Gasteiger partial charge < -0.3 is 29.2 Å². The number of ether oxygens (including phenoxy) is 4. The van der Waals surface area contributed by atoms with E-state index in [0.717, 1.165) is 5.56 Å². The number of nitrogens with zero attached hydrogens (tertiary/aromatic N) is 1. The molecule has 0 unspecified atom stereocenters. The zero-order valence-electron chi connectivity index (χ0n) is 17.2. The molecule has 2 amide bonds. The standard InChI is InChI=1S/C21H27FN2O5/c1-5-28-20-18(26-3)12-15(13-19(20)27-4)14-23-21(25)24(2)10-11-29-17-8-6-16(22)7-9-17/h6-9,12-13H,5,10-11,14H2,1-4H3,(H,23,25). The van der Waals surface area contributed by atoms with Crippen LogP contribution in [0.4, 0.5) is 9.18 Å². The molecule has 0 atom stereocenters. The molecule has 29 heavy (non-hydrogen) atoms. The van der Waals surface area contributed by atoms with Crippen molar-refractivity contribution >= 4 is 6.03 Å². The van der Waals surface area contributed by atoms with Gasteiger partial charge >= 0.3 is 6.03 Å². The zero-order valence-corrected chi connectivity index (χ0v) is 17.2. The molecule has 0 saturated heterocycles. The summed E-state index contributed by atoms with van der Waals surface area (Å²) >= 11 is 0. The molecular weight excluding hydrogens is 379 g/mol. The highest BCUT2D eigenvalue weighted by Crippen LogP contribution is 2.38. The van der Waals surface area contributed by atoms with Gasteiger partial charge in [0.05, 0.1) is 27.4 Å². The van der Waals surface area contributed by atoms with Crippen LogP contribution in [0, 0.1) is 5.82 Å². The van der Waals surface area contributed by atoms with E-state index in [2.05, 4.69) is 5.32 Å². The van der Waals surface area contributed by atoms with Crippen molar-refractivity contribution in [2.45, 2.75) is 13.5 Å². The van der Waals surface area contributed by atoms with E-state index >= 15 is 0 Å². The normalized spacial score (nSPS) is 10.2. The Morgan fingerprint density at radius 2 is 1.69 bits per heavy atom. The first-order chi connectivity index (χ1) is 14.0. The van der Waals surface area contributed by atoms with E-state index in [-0.39, 0.29) is 11.8 Å². The van der Waals surface area contributed by atoms with E-state index in [0.29, 0.717) is 49.3 Å². The highest BCUT2D eigenvalue weighted by Gasteiger charge is 2.15. The Morgan fingerprint density at radius 3 is 2.24 bits per heavy atom.